The Morgan fingerprint density at radius 1 is 0.733 bits per heavy atom. The lowest BCUT2D eigenvalue weighted by Crippen LogP contribution is -2.31. The van der Waals surface area contributed by atoms with Crippen LogP contribution in [0.25, 0.3) is 0 Å². The van der Waals surface area contributed by atoms with Gasteiger partial charge in [0.15, 0.2) is 0 Å². The van der Waals surface area contributed by atoms with Gasteiger partial charge in [-0.25, -0.2) is 0 Å². The van der Waals surface area contributed by atoms with Gasteiger partial charge in [-0.3, -0.25) is 4.79 Å². The summed E-state index contributed by atoms with van der Waals surface area (Å²) in [6.07, 6.45) is 2.06. The van der Waals surface area contributed by atoms with Gasteiger partial charge in [-0.2, -0.15) is 0 Å². The van der Waals surface area contributed by atoms with Gasteiger partial charge >= 0.3 is 0 Å². The smallest absolute Gasteiger partial charge is 0.256 e. The Morgan fingerprint density at radius 2 is 1.37 bits per heavy atom. The molecule has 4 heteroatoms. The van der Waals surface area contributed by atoms with E-state index in [2.05, 4.69) is 29.0 Å². The number of benzene rings is 3. The molecule has 0 saturated heterocycles. The molecule has 3 nitrogen and oxygen atoms in total. The number of hydrogen-bond donors (Lipinski definition) is 0. The van der Waals surface area contributed by atoms with E-state index in [1.54, 1.807) is 12.1 Å². The number of nitrogens with zero attached hydrogens (tertiary/aromatic N) is 2. The average Bonchev–Trinajstić information content (AvgIpc) is 3.21. The number of carbonyl (C=O) groups is 1. The highest BCUT2D eigenvalue weighted by Gasteiger charge is 2.20. The van der Waals surface area contributed by atoms with E-state index in [9.17, 15) is 4.79 Å². The number of aromatic nitrogens is 1. The highest BCUT2D eigenvalue weighted by molar-refractivity contribution is 6.33. The molecule has 0 aliphatic heterocycles. The van der Waals surface area contributed by atoms with Gasteiger partial charge < -0.3 is 9.47 Å². The number of carbonyl (C=O) groups excluding carboxylic acids is 1. The first-order valence-electron chi connectivity index (χ1n) is 9.96. The zero-order valence-corrected chi connectivity index (χ0v) is 17.4. The van der Waals surface area contributed by atoms with Crippen LogP contribution < -0.4 is 0 Å². The average molecular weight is 415 g/mol. The summed E-state index contributed by atoms with van der Waals surface area (Å²) >= 11 is 6.33. The summed E-state index contributed by atoms with van der Waals surface area (Å²) in [5.41, 5.74) is 3.91. The standard InChI is InChI=1S/C26H23ClN2O/c27-25-16-8-7-15-24(25)26(30)29(19-22-12-5-2-6-13-22)20-23-14-9-17-28(23)18-21-10-3-1-4-11-21/h1-17H,18-20H2. The molecule has 4 aromatic rings. The number of halogens is 1. The molecule has 30 heavy (non-hydrogen) atoms. The predicted octanol–water partition coefficient (Wildman–Crippen LogP) is 6.03. The summed E-state index contributed by atoms with van der Waals surface area (Å²) in [6, 6.07) is 31.7. The molecule has 0 aliphatic rings. The second kappa shape index (κ2) is 9.47. The van der Waals surface area contributed by atoms with Gasteiger partial charge in [0.25, 0.3) is 5.91 Å². The van der Waals surface area contributed by atoms with Gasteiger partial charge in [0, 0.05) is 25.0 Å². The minimum atomic E-state index is -0.0723. The van der Waals surface area contributed by atoms with Crippen molar-refractivity contribution in [1.29, 1.82) is 0 Å². The van der Waals surface area contributed by atoms with E-state index >= 15 is 0 Å². The Labute approximate surface area is 182 Å². The summed E-state index contributed by atoms with van der Waals surface area (Å²) in [5.74, 6) is -0.0723. The van der Waals surface area contributed by atoms with Crippen LogP contribution in [0.15, 0.2) is 103 Å². The van der Waals surface area contributed by atoms with Crippen molar-refractivity contribution in [3.8, 4) is 0 Å². The predicted molar refractivity (Wildman–Crippen MR) is 121 cm³/mol. The zero-order valence-electron chi connectivity index (χ0n) is 16.6. The molecule has 150 valence electrons. The number of hydrogen-bond acceptors (Lipinski definition) is 1. The van der Waals surface area contributed by atoms with E-state index in [1.165, 1.54) is 5.56 Å². The minimum Gasteiger partial charge on any atom is -0.345 e. The second-order valence-corrected chi connectivity index (χ2v) is 7.65. The summed E-state index contributed by atoms with van der Waals surface area (Å²) < 4.78 is 2.19. The van der Waals surface area contributed by atoms with Crippen molar-refractivity contribution in [2.45, 2.75) is 19.6 Å². The largest absolute Gasteiger partial charge is 0.345 e. The number of amides is 1. The molecule has 3 aromatic carbocycles. The lowest BCUT2D eigenvalue weighted by molar-refractivity contribution is 0.0726. The van der Waals surface area contributed by atoms with Crippen LogP contribution in [0, 0.1) is 0 Å². The van der Waals surface area contributed by atoms with E-state index in [-0.39, 0.29) is 5.91 Å². The Morgan fingerprint density at radius 3 is 2.07 bits per heavy atom. The third kappa shape index (κ3) is 4.81. The normalized spacial score (nSPS) is 10.7. The Bertz CT molecular complexity index is 1110. The van der Waals surface area contributed by atoms with Crippen molar-refractivity contribution in [3.63, 3.8) is 0 Å². The van der Waals surface area contributed by atoms with Crippen molar-refractivity contribution in [2.24, 2.45) is 0 Å². The number of rotatable bonds is 7. The fraction of sp³-hybridized carbons (Fsp3) is 0.115. The molecule has 0 bridgehead atoms. The first-order chi connectivity index (χ1) is 14.7. The van der Waals surface area contributed by atoms with Crippen molar-refractivity contribution in [3.05, 3.63) is 131 Å². The second-order valence-electron chi connectivity index (χ2n) is 7.24. The maximum atomic E-state index is 13.4. The molecule has 0 spiro atoms. The molecule has 0 unspecified atom stereocenters. The molecular weight excluding hydrogens is 392 g/mol. The molecular formula is C26H23ClN2O. The van der Waals surface area contributed by atoms with Crippen molar-refractivity contribution in [2.75, 3.05) is 0 Å². The minimum absolute atomic E-state index is 0.0723. The van der Waals surface area contributed by atoms with E-state index < -0.39 is 0 Å². The van der Waals surface area contributed by atoms with E-state index in [0.29, 0.717) is 23.7 Å². The fourth-order valence-electron chi connectivity index (χ4n) is 3.53. The molecule has 0 fully saturated rings. The van der Waals surface area contributed by atoms with Crippen molar-refractivity contribution < 1.29 is 4.79 Å². The SMILES string of the molecule is O=C(c1ccccc1Cl)N(Cc1ccccc1)Cc1cccn1Cc1ccccc1. The van der Waals surface area contributed by atoms with Crippen molar-refractivity contribution >= 4 is 17.5 Å². The maximum Gasteiger partial charge on any atom is 0.256 e. The summed E-state index contributed by atoms with van der Waals surface area (Å²) in [6.45, 7) is 1.78. The van der Waals surface area contributed by atoms with Crippen LogP contribution >= 0.6 is 11.6 Å². The third-order valence-electron chi connectivity index (χ3n) is 5.08. The van der Waals surface area contributed by atoms with Crippen LogP contribution in [0.3, 0.4) is 0 Å². The Balaban J connectivity index is 1.61. The maximum absolute atomic E-state index is 13.4. The molecule has 1 aromatic heterocycles. The quantitative estimate of drug-likeness (QED) is 0.362. The van der Waals surface area contributed by atoms with Gasteiger partial charge in [-0.15, -0.1) is 0 Å². The molecule has 1 heterocycles. The molecule has 0 N–H and O–H groups in total. The molecule has 0 aliphatic carbocycles. The first-order valence-corrected chi connectivity index (χ1v) is 10.3. The molecule has 0 radical (unpaired) electrons. The van der Waals surface area contributed by atoms with Gasteiger partial charge in [-0.05, 0) is 35.4 Å². The van der Waals surface area contributed by atoms with Crippen LogP contribution in [0.1, 0.15) is 27.2 Å². The zero-order chi connectivity index (χ0) is 20.8. The highest BCUT2D eigenvalue weighted by atomic mass is 35.5. The third-order valence-corrected chi connectivity index (χ3v) is 5.41. The van der Waals surface area contributed by atoms with E-state index in [4.69, 9.17) is 11.6 Å². The lowest BCUT2D eigenvalue weighted by atomic mass is 10.1. The van der Waals surface area contributed by atoms with Crippen LogP contribution in [-0.4, -0.2) is 15.4 Å². The van der Waals surface area contributed by atoms with Gasteiger partial charge in [0.2, 0.25) is 0 Å². The van der Waals surface area contributed by atoms with Crippen LogP contribution in [0.4, 0.5) is 0 Å². The summed E-state index contributed by atoms with van der Waals surface area (Å²) in [7, 11) is 0. The molecule has 0 saturated carbocycles. The topological polar surface area (TPSA) is 25.2 Å². The first kappa shape index (κ1) is 20.0. The van der Waals surface area contributed by atoms with Gasteiger partial charge in [0.05, 0.1) is 17.1 Å². The molecule has 4 rings (SSSR count). The van der Waals surface area contributed by atoms with Gasteiger partial charge in [0.1, 0.15) is 0 Å². The van der Waals surface area contributed by atoms with E-state index in [0.717, 1.165) is 17.8 Å². The van der Waals surface area contributed by atoms with Crippen LogP contribution in [0.2, 0.25) is 5.02 Å². The van der Waals surface area contributed by atoms with Crippen LogP contribution in [-0.2, 0) is 19.6 Å². The summed E-state index contributed by atoms with van der Waals surface area (Å²) in [5, 5.41) is 0.472. The Kier molecular flexibility index (Phi) is 6.31. The summed E-state index contributed by atoms with van der Waals surface area (Å²) in [4.78, 5) is 15.3. The molecule has 0 atom stereocenters. The van der Waals surface area contributed by atoms with Gasteiger partial charge in [-0.1, -0.05) is 84.4 Å². The monoisotopic (exact) mass is 414 g/mol. The lowest BCUT2D eigenvalue weighted by Gasteiger charge is -2.24. The van der Waals surface area contributed by atoms with E-state index in [1.807, 2.05) is 71.6 Å². The fourth-order valence-corrected chi connectivity index (χ4v) is 3.75. The highest BCUT2D eigenvalue weighted by Crippen LogP contribution is 2.21. The van der Waals surface area contributed by atoms with Crippen LogP contribution in [0.5, 0.6) is 0 Å². The van der Waals surface area contributed by atoms with Crippen molar-refractivity contribution in [1.82, 2.24) is 9.47 Å². The Hall–Kier alpha value is -3.30. The molecule has 1 amide bonds.